The summed E-state index contributed by atoms with van der Waals surface area (Å²) in [5, 5.41) is 9.09. The van der Waals surface area contributed by atoms with Crippen LogP contribution in [0.3, 0.4) is 0 Å². The van der Waals surface area contributed by atoms with Gasteiger partial charge < -0.3 is 19.8 Å². The summed E-state index contributed by atoms with van der Waals surface area (Å²) in [5.74, 6) is -1.88. The Morgan fingerprint density at radius 2 is 1.52 bits per heavy atom. The molecule has 252 valence electrons. The first-order chi connectivity index (χ1) is 21.4. The quantitative estimate of drug-likeness (QED) is 0.327. The fourth-order valence-electron chi connectivity index (χ4n) is 6.42. The normalized spacial score (nSPS) is 21.6. The van der Waals surface area contributed by atoms with Gasteiger partial charge in [0.15, 0.2) is 0 Å². The highest BCUT2D eigenvalue weighted by molar-refractivity contribution is 5.80. The van der Waals surface area contributed by atoms with E-state index in [0.29, 0.717) is 48.9 Å². The maximum atomic E-state index is 14.0. The third kappa shape index (κ3) is 7.92. The molecule has 3 amide bonds. The zero-order valence-electron chi connectivity index (χ0n) is 25.6. The minimum atomic E-state index is -5.05. The lowest BCUT2D eigenvalue weighted by Gasteiger charge is -2.45. The zero-order chi connectivity index (χ0) is 34.1. The van der Waals surface area contributed by atoms with Gasteiger partial charge in [-0.05, 0) is 92.5 Å². The molecule has 1 N–H and O–H groups in total. The van der Waals surface area contributed by atoms with Gasteiger partial charge in [-0.25, -0.2) is 9.18 Å². The highest BCUT2D eigenvalue weighted by atomic mass is 19.4. The van der Waals surface area contributed by atoms with Crippen LogP contribution in [-0.4, -0.2) is 64.4 Å². The van der Waals surface area contributed by atoms with E-state index < -0.39 is 53.4 Å². The van der Waals surface area contributed by atoms with Gasteiger partial charge >= 0.3 is 24.4 Å². The van der Waals surface area contributed by atoms with Gasteiger partial charge in [-0.2, -0.15) is 26.3 Å². The number of carboxylic acid groups (broad SMARTS) is 1. The highest BCUT2D eigenvalue weighted by Gasteiger charge is 2.41. The fourth-order valence-corrected chi connectivity index (χ4v) is 6.42. The van der Waals surface area contributed by atoms with Gasteiger partial charge in [-0.15, -0.1) is 0 Å². The van der Waals surface area contributed by atoms with Crippen LogP contribution in [-0.2, 0) is 21.9 Å². The third-order valence-corrected chi connectivity index (χ3v) is 9.16. The lowest BCUT2D eigenvalue weighted by atomic mass is 9.80. The summed E-state index contributed by atoms with van der Waals surface area (Å²) in [6, 6.07) is 2.52. The molecule has 0 aromatic heterocycles. The van der Waals surface area contributed by atoms with Crippen molar-refractivity contribution in [2.45, 2.75) is 70.4 Å². The van der Waals surface area contributed by atoms with Gasteiger partial charge in [0.1, 0.15) is 5.82 Å². The number of hydrogen-bond acceptors (Lipinski definition) is 3. The Morgan fingerprint density at radius 1 is 0.935 bits per heavy atom. The Bertz CT molecular complexity index is 1420. The van der Waals surface area contributed by atoms with Gasteiger partial charge in [0.05, 0.1) is 23.2 Å². The molecule has 1 aliphatic heterocycles. The first kappa shape index (κ1) is 35.0. The number of nitrogens with zero attached hydrogens (tertiary/aromatic N) is 3. The predicted molar refractivity (Wildman–Crippen MR) is 153 cm³/mol. The van der Waals surface area contributed by atoms with Gasteiger partial charge in [0.25, 0.3) is 0 Å². The van der Waals surface area contributed by atoms with E-state index in [9.17, 15) is 45.1 Å². The molecule has 2 aromatic rings. The van der Waals surface area contributed by atoms with Gasteiger partial charge in [0, 0.05) is 39.0 Å². The number of rotatable bonds is 6. The maximum Gasteiger partial charge on any atom is 0.416 e. The van der Waals surface area contributed by atoms with Crippen LogP contribution in [0.15, 0.2) is 36.4 Å². The van der Waals surface area contributed by atoms with E-state index >= 15 is 0 Å². The number of urea groups is 1. The molecule has 1 heterocycles. The number of benzene rings is 2. The highest BCUT2D eigenvalue weighted by Crippen LogP contribution is 2.39. The summed E-state index contributed by atoms with van der Waals surface area (Å²) >= 11 is 0. The topological polar surface area (TPSA) is 81.2 Å². The number of halogens is 7. The smallest absolute Gasteiger partial charge is 0.416 e. The van der Waals surface area contributed by atoms with Crippen LogP contribution in [0.1, 0.15) is 78.9 Å². The second-order valence-electron chi connectivity index (χ2n) is 12.2. The number of alkyl halides is 6. The zero-order valence-corrected chi connectivity index (χ0v) is 25.6. The number of carboxylic acids is 1. The van der Waals surface area contributed by atoms with Crippen LogP contribution >= 0.6 is 0 Å². The summed E-state index contributed by atoms with van der Waals surface area (Å²) in [6.45, 7) is 3.13. The van der Waals surface area contributed by atoms with Gasteiger partial charge in [-0.3, -0.25) is 9.59 Å². The second kappa shape index (κ2) is 13.5. The van der Waals surface area contributed by atoms with Crippen LogP contribution < -0.4 is 0 Å². The van der Waals surface area contributed by atoms with Crippen molar-refractivity contribution >= 4 is 17.9 Å². The maximum absolute atomic E-state index is 14.0. The first-order valence-electron chi connectivity index (χ1n) is 15.0. The van der Waals surface area contributed by atoms with Crippen molar-refractivity contribution in [3.8, 4) is 0 Å². The molecule has 1 saturated carbocycles. The standard InChI is InChI=1S/C32H36F7N3O4/c1-18-12-25(33)8-9-26(18)27-17-41(29(45)21-6-4-20(5-7-21)13-28(43)44)10-11-42(27)30(46)40(3)19(2)22-14-23(31(34,35)36)16-24(15-22)32(37,38)39/h8-9,12,14-16,19-21,27H,4-7,10-11,13,17H2,1-3H3,(H,43,44)/t19?,20-,21-,27-/m1/s1. The fraction of sp³-hybridized carbons (Fsp3) is 0.531. The monoisotopic (exact) mass is 659 g/mol. The molecular weight excluding hydrogens is 623 g/mol. The van der Waals surface area contributed by atoms with E-state index in [-0.39, 0.29) is 55.4 Å². The summed E-state index contributed by atoms with van der Waals surface area (Å²) in [7, 11) is 1.28. The molecule has 46 heavy (non-hydrogen) atoms. The van der Waals surface area contributed by atoms with E-state index in [1.165, 1.54) is 37.1 Å². The van der Waals surface area contributed by atoms with Crippen molar-refractivity contribution in [1.82, 2.24) is 14.7 Å². The van der Waals surface area contributed by atoms with Crippen LogP contribution in [0.5, 0.6) is 0 Å². The molecular formula is C32H36F7N3O4. The molecule has 0 spiro atoms. The number of amides is 3. The lowest BCUT2D eigenvalue weighted by molar-refractivity contribution is -0.144. The number of piperazine rings is 1. The van der Waals surface area contributed by atoms with E-state index in [1.54, 1.807) is 11.8 Å². The number of hydrogen-bond donors (Lipinski definition) is 1. The Balaban J connectivity index is 1.59. The molecule has 4 rings (SSSR count). The van der Waals surface area contributed by atoms with Crippen molar-refractivity contribution in [3.05, 3.63) is 70.0 Å². The Kier molecular flexibility index (Phi) is 10.3. The first-order valence-corrected chi connectivity index (χ1v) is 15.0. The molecule has 2 aromatic carbocycles. The number of aryl methyl sites for hydroxylation is 1. The van der Waals surface area contributed by atoms with Crippen LogP contribution in [0.2, 0.25) is 0 Å². The van der Waals surface area contributed by atoms with Crippen molar-refractivity contribution < 1.29 is 50.2 Å². The molecule has 1 saturated heterocycles. The van der Waals surface area contributed by atoms with E-state index in [0.717, 1.165) is 4.90 Å². The summed E-state index contributed by atoms with van der Waals surface area (Å²) in [6.07, 6.45) is -7.84. The largest absolute Gasteiger partial charge is 0.481 e. The third-order valence-electron chi connectivity index (χ3n) is 9.16. The van der Waals surface area contributed by atoms with Crippen molar-refractivity contribution in [2.75, 3.05) is 26.7 Å². The SMILES string of the molecule is Cc1cc(F)ccc1[C@H]1CN(C(=O)[C@H]2CC[C@H](CC(=O)O)CC2)CCN1C(=O)N(C)C(C)c1cc(C(F)(F)F)cc(C(F)(F)F)c1. The Morgan fingerprint density at radius 3 is 2.04 bits per heavy atom. The minimum absolute atomic E-state index is 0.00723. The van der Waals surface area contributed by atoms with E-state index in [2.05, 4.69) is 0 Å². The van der Waals surface area contributed by atoms with Crippen LogP contribution in [0.4, 0.5) is 35.5 Å². The molecule has 2 fully saturated rings. The minimum Gasteiger partial charge on any atom is -0.481 e. The van der Waals surface area contributed by atoms with E-state index in [4.69, 9.17) is 5.11 Å². The number of carbonyl (C=O) groups is 3. The molecule has 2 atom stereocenters. The molecule has 14 heteroatoms. The molecule has 0 radical (unpaired) electrons. The molecule has 2 aliphatic rings. The Hall–Kier alpha value is -3.84. The van der Waals surface area contributed by atoms with Crippen molar-refractivity contribution in [2.24, 2.45) is 11.8 Å². The molecule has 0 bridgehead atoms. The van der Waals surface area contributed by atoms with Crippen molar-refractivity contribution in [1.29, 1.82) is 0 Å². The average Bonchev–Trinajstić information content (AvgIpc) is 2.98. The van der Waals surface area contributed by atoms with Crippen LogP contribution in [0.25, 0.3) is 0 Å². The number of carbonyl (C=O) groups excluding carboxylic acids is 2. The Labute approximate surface area is 261 Å². The molecule has 7 nitrogen and oxygen atoms in total. The predicted octanol–water partition coefficient (Wildman–Crippen LogP) is 7.45. The summed E-state index contributed by atoms with van der Waals surface area (Å²) < 4.78 is 95.2. The second-order valence-corrected chi connectivity index (χ2v) is 12.2. The van der Waals surface area contributed by atoms with E-state index in [1.807, 2.05) is 0 Å². The van der Waals surface area contributed by atoms with Gasteiger partial charge in [-0.1, -0.05) is 6.07 Å². The van der Waals surface area contributed by atoms with Crippen LogP contribution in [0, 0.1) is 24.6 Å². The summed E-state index contributed by atoms with van der Waals surface area (Å²) in [5.41, 5.74) is -2.31. The van der Waals surface area contributed by atoms with Gasteiger partial charge in [0.2, 0.25) is 5.91 Å². The summed E-state index contributed by atoms with van der Waals surface area (Å²) in [4.78, 5) is 42.7. The molecule has 1 aliphatic carbocycles. The molecule has 1 unspecified atom stereocenters. The lowest BCUT2D eigenvalue weighted by Crippen LogP contribution is -2.56. The van der Waals surface area contributed by atoms with Crippen molar-refractivity contribution in [3.63, 3.8) is 0 Å². The number of aliphatic carboxylic acids is 1. The average molecular weight is 660 g/mol.